The minimum atomic E-state index is -4.76. The SMILES string of the molecule is O=C(Nc1ccc(OC(F)(F)F)cc1)c1cc[n+]([O-])cc1. The summed E-state index contributed by atoms with van der Waals surface area (Å²) in [5.74, 6) is -0.868. The fourth-order valence-electron chi connectivity index (χ4n) is 1.51. The van der Waals surface area contributed by atoms with Crippen molar-refractivity contribution in [3.05, 3.63) is 59.6 Å². The van der Waals surface area contributed by atoms with Crippen LogP contribution in [0.5, 0.6) is 5.75 Å². The van der Waals surface area contributed by atoms with Gasteiger partial charge in [0.05, 0.1) is 5.56 Å². The maximum absolute atomic E-state index is 12.0. The summed E-state index contributed by atoms with van der Waals surface area (Å²) in [5, 5.41) is 13.3. The molecule has 0 atom stereocenters. The van der Waals surface area contributed by atoms with E-state index < -0.39 is 12.3 Å². The van der Waals surface area contributed by atoms with Crippen LogP contribution in [0.3, 0.4) is 0 Å². The van der Waals surface area contributed by atoms with Crippen LogP contribution < -0.4 is 14.8 Å². The van der Waals surface area contributed by atoms with Gasteiger partial charge in [0.15, 0.2) is 12.4 Å². The molecule has 2 aromatic rings. The number of rotatable bonds is 3. The van der Waals surface area contributed by atoms with E-state index in [-0.39, 0.29) is 11.3 Å². The highest BCUT2D eigenvalue weighted by Crippen LogP contribution is 2.24. The molecular formula is C13H9F3N2O3. The van der Waals surface area contributed by atoms with E-state index >= 15 is 0 Å². The number of carbonyl (C=O) groups is 1. The quantitative estimate of drug-likeness (QED) is 0.699. The third-order valence-corrected chi connectivity index (χ3v) is 2.41. The van der Waals surface area contributed by atoms with E-state index in [1.807, 2.05) is 0 Å². The second-order valence-electron chi connectivity index (χ2n) is 3.97. The molecule has 0 saturated carbocycles. The van der Waals surface area contributed by atoms with E-state index in [1.165, 1.54) is 24.3 Å². The van der Waals surface area contributed by atoms with Crippen molar-refractivity contribution in [2.45, 2.75) is 6.36 Å². The molecule has 0 radical (unpaired) electrons. The Kier molecular flexibility index (Phi) is 3.97. The molecule has 5 nitrogen and oxygen atoms in total. The maximum Gasteiger partial charge on any atom is 0.573 e. The van der Waals surface area contributed by atoms with Gasteiger partial charge < -0.3 is 15.3 Å². The number of nitrogens with zero attached hydrogens (tertiary/aromatic N) is 1. The van der Waals surface area contributed by atoms with Crippen LogP contribution in [0.25, 0.3) is 0 Å². The van der Waals surface area contributed by atoms with Crippen molar-refractivity contribution in [3.63, 3.8) is 0 Å². The summed E-state index contributed by atoms with van der Waals surface area (Å²) in [6, 6.07) is 7.36. The summed E-state index contributed by atoms with van der Waals surface area (Å²) < 4.78 is 40.2. The number of aromatic nitrogens is 1. The van der Waals surface area contributed by atoms with Crippen molar-refractivity contribution in [2.75, 3.05) is 5.32 Å². The number of ether oxygens (including phenoxy) is 1. The summed E-state index contributed by atoms with van der Waals surface area (Å²) in [4.78, 5) is 11.8. The Balaban J connectivity index is 2.03. The molecule has 2 rings (SSSR count). The van der Waals surface area contributed by atoms with Crippen LogP contribution in [0, 0.1) is 5.21 Å². The Morgan fingerprint density at radius 2 is 1.67 bits per heavy atom. The standard InChI is InChI=1S/C13H9F3N2O3/c14-13(15,16)21-11-3-1-10(2-4-11)17-12(19)9-5-7-18(20)8-6-9/h1-8H,(H,17,19). The Hall–Kier alpha value is -2.77. The highest BCUT2D eigenvalue weighted by atomic mass is 19.4. The lowest BCUT2D eigenvalue weighted by molar-refractivity contribution is -0.605. The molecule has 0 saturated heterocycles. The highest BCUT2D eigenvalue weighted by Gasteiger charge is 2.30. The smallest absolute Gasteiger partial charge is 0.573 e. The van der Waals surface area contributed by atoms with Crippen LogP contribution in [0.1, 0.15) is 10.4 Å². The first-order valence-corrected chi connectivity index (χ1v) is 5.69. The van der Waals surface area contributed by atoms with Gasteiger partial charge in [0, 0.05) is 17.8 Å². The molecule has 0 aliphatic heterocycles. The van der Waals surface area contributed by atoms with Gasteiger partial charge in [0.25, 0.3) is 5.91 Å². The Bertz CT molecular complexity index is 625. The predicted octanol–water partition coefficient (Wildman–Crippen LogP) is 2.47. The molecule has 0 unspecified atom stereocenters. The number of benzene rings is 1. The molecule has 1 aromatic heterocycles. The normalized spacial score (nSPS) is 11.0. The molecule has 0 spiro atoms. The summed E-state index contributed by atoms with van der Waals surface area (Å²) in [6.07, 6.45) is -2.44. The lowest BCUT2D eigenvalue weighted by Gasteiger charge is -2.10. The largest absolute Gasteiger partial charge is 0.619 e. The molecule has 1 amide bonds. The molecule has 0 bridgehead atoms. The summed E-state index contributed by atoms with van der Waals surface area (Å²) >= 11 is 0. The average molecular weight is 298 g/mol. The third-order valence-electron chi connectivity index (χ3n) is 2.41. The summed E-state index contributed by atoms with van der Waals surface area (Å²) in [6.45, 7) is 0. The fraction of sp³-hybridized carbons (Fsp3) is 0.0769. The maximum atomic E-state index is 12.0. The van der Waals surface area contributed by atoms with Crippen LogP contribution in [-0.4, -0.2) is 12.3 Å². The number of carbonyl (C=O) groups excluding carboxylic acids is 1. The van der Waals surface area contributed by atoms with E-state index in [1.54, 1.807) is 0 Å². The molecule has 1 aromatic carbocycles. The zero-order valence-corrected chi connectivity index (χ0v) is 10.4. The molecule has 21 heavy (non-hydrogen) atoms. The first kappa shape index (κ1) is 14.6. The first-order valence-electron chi connectivity index (χ1n) is 5.69. The van der Waals surface area contributed by atoms with Crippen molar-refractivity contribution < 1.29 is 27.4 Å². The van der Waals surface area contributed by atoms with Gasteiger partial charge in [-0.3, -0.25) is 4.79 Å². The van der Waals surface area contributed by atoms with Crippen molar-refractivity contribution in [1.29, 1.82) is 0 Å². The average Bonchev–Trinajstić information content (AvgIpc) is 2.40. The van der Waals surface area contributed by atoms with Gasteiger partial charge in [-0.1, -0.05) is 0 Å². The van der Waals surface area contributed by atoms with Crippen molar-refractivity contribution in [1.82, 2.24) is 0 Å². The molecular weight excluding hydrogens is 289 g/mol. The highest BCUT2D eigenvalue weighted by molar-refractivity contribution is 6.04. The zero-order valence-electron chi connectivity index (χ0n) is 10.4. The zero-order chi connectivity index (χ0) is 15.5. The molecule has 0 aliphatic rings. The first-order chi connectivity index (χ1) is 9.83. The fourth-order valence-corrected chi connectivity index (χ4v) is 1.51. The molecule has 0 fully saturated rings. The predicted molar refractivity (Wildman–Crippen MR) is 66.5 cm³/mol. The van der Waals surface area contributed by atoms with Gasteiger partial charge in [0.1, 0.15) is 5.75 Å². The Morgan fingerprint density at radius 1 is 1.10 bits per heavy atom. The van der Waals surface area contributed by atoms with Crippen LogP contribution in [0.2, 0.25) is 0 Å². The van der Waals surface area contributed by atoms with E-state index in [2.05, 4.69) is 10.1 Å². The summed E-state index contributed by atoms with van der Waals surface area (Å²) in [7, 11) is 0. The van der Waals surface area contributed by atoms with Gasteiger partial charge in [-0.15, -0.1) is 13.2 Å². The summed E-state index contributed by atoms with van der Waals surface area (Å²) in [5.41, 5.74) is 0.547. The van der Waals surface area contributed by atoms with E-state index in [9.17, 15) is 23.2 Å². The van der Waals surface area contributed by atoms with Crippen LogP contribution in [0.15, 0.2) is 48.8 Å². The van der Waals surface area contributed by atoms with Gasteiger partial charge in [0.2, 0.25) is 0 Å². The molecule has 8 heteroatoms. The van der Waals surface area contributed by atoms with Crippen LogP contribution in [0.4, 0.5) is 18.9 Å². The monoisotopic (exact) mass is 298 g/mol. The van der Waals surface area contributed by atoms with Crippen molar-refractivity contribution in [3.8, 4) is 5.75 Å². The lowest BCUT2D eigenvalue weighted by Crippen LogP contribution is -2.25. The van der Waals surface area contributed by atoms with Crippen LogP contribution >= 0.6 is 0 Å². The Labute approximate surface area is 117 Å². The van der Waals surface area contributed by atoms with Crippen LogP contribution in [-0.2, 0) is 0 Å². The minimum Gasteiger partial charge on any atom is -0.619 e. The molecule has 1 N–H and O–H groups in total. The number of anilines is 1. The molecule has 0 aliphatic carbocycles. The van der Waals surface area contributed by atoms with Gasteiger partial charge in [-0.2, -0.15) is 4.73 Å². The van der Waals surface area contributed by atoms with Crippen molar-refractivity contribution in [2.24, 2.45) is 0 Å². The van der Waals surface area contributed by atoms with Gasteiger partial charge in [-0.25, -0.2) is 0 Å². The second-order valence-corrected chi connectivity index (χ2v) is 3.97. The number of alkyl halides is 3. The number of hydrogen-bond donors (Lipinski definition) is 1. The Morgan fingerprint density at radius 3 is 2.19 bits per heavy atom. The number of pyridine rings is 1. The number of nitrogens with one attached hydrogen (secondary N) is 1. The topological polar surface area (TPSA) is 65.3 Å². The van der Waals surface area contributed by atoms with E-state index in [4.69, 9.17) is 0 Å². The third kappa shape index (κ3) is 4.37. The number of amides is 1. The lowest BCUT2D eigenvalue weighted by atomic mass is 10.2. The van der Waals surface area contributed by atoms with E-state index in [0.717, 1.165) is 24.5 Å². The second kappa shape index (κ2) is 5.70. The van der Waals surface area contributed by atoms with Crippen molar-refractivity contribution >= 4 is 11.6 Å². The molecule has 1 heterocycles. The minimum absolute atomic E-state index is 0.248. The molecule has 110 valence electrons. The van der Waals surface area contributed by atoms with E-state index in [0.29, 0.717) is 10.4 Å². The number of hydrogen-bond acceptors (Lipinski definition) is 3. The number of halogens is 3. The van der Waals surface area contributed by atoms with Gasteiger partial charge in [-0.05, 0) is 24.3 Å². The van der Waals surface area contributed by atoms with Gasteiger partial charge >= 0.3 is 6.36 Å².